The Kier molecular flexibility index (Phi) is 10.6. The second kappa shape index (κ2) is 15.0. The van der Waals surface area contributed by atoms with Gasteiger partial charge in [0.25, 0.3) is 11.8 Å². The lowest BCUT2D eigenvalue weighted by atomic mass is 10.1. The Labute approximate surface area is 286 Å². The third-order valence-corrected chi connectivity index (χ3v) is 12.2. The molecule has 4 aliphatic heterocycles. The van der Waals surface area contributed by atoms with Crippen LogP contribution in [-0.2, 0) is 9.36 Å². The van der Waals surface area contributed by atoms with Crippen LogP contribution in [0.1, 0.15) is 66.2 Å². The van der Waals surface area contributed by atoms with Gasteiger partial charge in [0, 0.05) is 56.4 Å². The van der Waals surface area contributed by atoms with E-state index >= 15 is 0 Å². The molecule has 2 saturated heterocycles. The highest BCUT2D eigenvalue weighted by atomic mass is 31.2. The number of amides is 3. The second-order valence-corrected chi connectivity index (χ2v) is 16.1. The van der Waals surface area contributed by atoms with Gasteiger partial charge in [-0.2, -0.15) is 0 Å². The van der Waals surface area contributed by atoms with Crippen LogP contribution in [0.5, 0.6) is 23.0 Å². The number of carbonyl (C=O) groups is 3. The lowest BCUT2D eigenvalue weighted by Gasteiger charge is -2.22. The molecule has 0 aromatic heterocycles. The minimum absolute atomic E-state index is 0.00671. The average molecular weight is 694 g/mol. The van der Waals surface area contributed by atoms with E-state index in [9.17, 15) is 18.9 Å². The minimum atomic E-state index is -3.07. The van der Waals surface area contributed by atoms with Gasteiger partial charge in [0.2, 0.25) is 5.91 Å². The molecule has 2 atom stereocenters. The van der Waals surface area contributed by atoms with E-state index in [1.807, 2.05) is 29.2 Å². The molecule has 6 rings (SSSR count). The molecule has 2 fully saturated rings. The molecule has 2 aromatic rings. The number of methoxy groups -OCH3 is 2. The zero-order valence-electron chi connectivity index (χ0n) is 28.3. The van der Waals surface area contributed by atoms with Crippen LogP contribution in [0.3, 0.4) is 0 Å². The molecule has 0 saturated carbocycles. The van der Waals surface area contributed by atoms with E-state index in [0.29, 0.717) is 71.4 Å². The number of hydrogen-bond acceptors (Lipinski definition) is 10. The van der Waals surface area contributed by atoms with Gasteiger partial charge in [0.1, 0.15) is 7.14 Å². The summed E-state index contributed by atoms with van der Waals surface area (Å²) in [5.41, 5.74) is 1.91. The predicted octanol–water partition coefficient (Wildman–Crippen LogP) is 5.04. The maximum absolute atomic E-state index is 14.3. The van der Waals surface area contributed by atoms with Gasteiger partial charge in [-0.15, -0.1) is 0 Å². The van der Waals surface area contributed by atoms with Gasteiger partial charge in [-0.25, -0.2) is 0 Å². The number of hydrogen-bond donors (Lipinski definition) is 1. The Balaban J connectivity index is 1.15. The molecule has 2 aromatic carbocycles. The van der Waals surface area contributed by atoms with Crippen molar-refractivity contribution in [2.24, 2.45) is 9.98 Å². The lowest BCUT2D eigenvalue weighted by molar-refractivity contribution is -0.120. The molecule has 14 heteroatoms. The monoisotopic (exact) mass is 693 g/mol. The predicted molar refractivity (Wildman–Crippen MR) is 187 cm³/mol. The highest BCUT2D eigenvalue weighted by molar-refractivity contribution is 7.63. The van der Waals surface area contributed by atoms with E-state index in [1.165, 1.54) is 14.2 Å². The van der Waals surface area contributed by atoms with E-state index in [0.717, 1.165) is 25.7 Å². The van der Waals surface area contributed by atoms with Crippen molar-refractivity contribution in [3.05, 3.63) is 35.4 Å². The largest absolute Gasteiger partial charge is 0.493 e. The zero-order chi connectivity index (χ0) is 34.5. The van der Waals surface area contributed by atoms with Crippen LogP contribution in [0.2, 0.25) is 0 Å². The summed E-state index contributed by atoms with van der Waals surface area (Å²) < 4.78 is 37.7. The van der Waals surface area contributed by atoms with Gasteiger partial charge >= 0.3 is 0 Å². The first-order valence-electron chi connectivity index (χ1n) is 17.0. The number of carbonyl (C=O) groups excluding carboxylic acids is 3. The van der Waals surface area contributed by atoms with E-state index < -0.39 is 7.14 Å². The molecule has 13 nitrogen and oxygen atoms in total. The number of fused-ring (bicyclic) bond motifs is 4. The molecule has 4 heterocycles. The quantitative estimate of drug-likeness (QED) is 0.271. The summed E-state index contributed by atoms with van der Waals surface area (Å²) in [4.78, 5) is 51.7. The van der Waals surface area contributed by atoms with Gasteiger partial charge in [0.15, 0.2) is 23.0 Å². The van der Waals surface area contributed by atoms with Gasteiger partial charge in [-0.05, 0) is 44.2 Å². The van der Waals surface area contributed by atoms with Crippen LogP contribution in [0.15, 0.2) is 34.3 Å². The molecular formula is C35H44N5O8P. The van der Waals surface area contributed by atoms with Crippen molar-refractivity contribution in [3.63, 3.8) is 0 Å². The van der Waals surface area contributed by atoms with Crippen molar-refractivity contribution >= 4 is 48.7 Å². The van der Waals surface area contributed by atoms with E-state index in [1.54, 1.807) is 24.3 Å². The normalized spacial score (nSPS) is 19.4. The molecule has 0 unspecified atom stereocenters. The first-order valence-corrected chi connectivity index (χ1v) is 19.2. The maximum Gasteiger partial charge on any atom is 0.256 e. The smallest absolute Gasteiger partial charge is 0.256 e. The van der Waals surface area contributed by atoms with Crippen LogP contribution >= 0.6 is 7.14 Å². The first kappa shape index (κ1) is 34.5. The summed E-state index contributed by atoms with van der Waals surface area (Å²) >= 11 is 0. The molecule has 0 spiro atoms. The van der Waals surface area contributed by atoms with Gasteiger partial charge in [-0.1, -0.05) is 6.92 Å². The number of aliphatic imine (C=N–C) groups is 2. The average Bonchev–Trinajstić information content (AvgIpc) is 3.73. The minimum Gasteiger partial charge on any atom is -0.493 e. The summed E-state index contributed by atoms with van der Waals surface area (Å²) in [7, 11) is -0.0589. The summed E-state index contributed by atoms with van der Waals surface area (Å²) in [5.74, 6) is 1.19. The molecule has 4 aliphatic rings. The van der Waals surface area contributed by atoms with Crippen LogP contribution in [0, 0.1) is 0 Å². The number of nitrogens with one attached hydrogen (secondary N) is 1. The van der Waals surface area contributed by atoms with Gasteiger partial charge in [0.05, 0.1) is 68.3 Å². The van der Waals surface area contributed by atoms with E-state index in [4.69, 9.17) is 18.9 Å². The summed E-state index contributed by atoms with van der Waals surface area (Å²) in [5, 5.41) is 2.83. The molecule has 0 aliphatic carbocycles. The summed E-state index contributed by atoms with van der Waals surface area (Å²) in [6.45, 7) is 3.42. The Hall–Kier alpha value is -4.38. The number of benzene rings is 2. The fourth-order valence-corrected chi connectivity index (χ4v) is 8.55. The zero-order valence-corrected chi connectivity index (χ0v) is 29.2. The number of nitrogens with zero attached hydrogens (tertiary/aromatic N) is 4. The Bertz CT molecular complexity index is 1600. The Morgan fingerprint density at radius 2 is 1.31 bits per heavy atom. The maximum atomic E-state index is 14.3. The van der Waals surface area contributed by atoms with Crippen molar-refractivity contribution < 1.29 is 37.9 Å². The lowest BCUT2D eigenvalue weighted by Crippen LogP contribution is -2.35. The topological polar surface area (TPSA) is 148 Å². The van der Waals surface area contributed by atoms with Crippen molar-refractivity contribution in [1.29, 1.82) is 0 Å². The van der Waals surface area contributed by atoms with E-state index in [-0.39, 0.29) is 61.6 Å². The van der Waals surface area contributed by atoms with Crippen LogP contribution in [-0.4, -0.2) is 111 Å². The van der Waals surface area contributed by atoms with E-state index in [2.05, 4.69) is 15.3 Å². The van der Waals surface area contributed by atoms with Crippen molar-refractivity contribution in [2.75, 3.05) is 59.1 Å². The summed E-state index contributed by atoms with van der Waals surface area (Å²) in [6, 6.07) is 6.63. The van der Waals surface area contributed by atoms with Crippen LogP contribution < -0.4 is 24.3 Å². The van der Waals surface area contributed by atoms with Crippen molar-refractivity contribution in [2.45, 2.75) is 57.5 Å². The third kappa shape index (κ3) is 7.46. The SMILES string of the molecule is CCCC(=O)NCP(=O)(CCOc1cc2c(cc1OC)C(=O)N1CCC[C@H]1C=N2)CCOc1cc2c(cc1OC)C(=O)N1CCC[C@H]1C=N2. The van der Waals surface area contributed by atoms with Gasteiger partial charge < -0.3 is 38.6 Å². The standard InChI is InChI=1S/C35H44N5O8P/c1-4-7-33(41)38-22-49(44,14-12-47-31-18-27-25(16-29(31)45-2)34(42)39-10-5-8-23(39)20-36-27)15-13-48-32-19-28-26(17-30(32)46-3)35(43)40-11-6-9-24(40)21-37-28/h16-21,23-24H,4-15,22H2,1-3H3,(H,38,41)/t23-,24-/m0/s1. The highest BCUT2D eigenvalue weighted by Gasteiger charge is 2.34. The Morgan fingerprint density at radius 3 is 1.76 bits per heavy atom. The molecule has 0 bridgehead atoms. The van der Waals surface area contributed by atoms with Crippen LogP contribution in [0.4, 0.5) is 11.4 Å². The highest BCUT2D eigenvalue weighted by Crippen LogP contribution is 2.45. The van der Waals surface area contributed by atoms with Crippen molar-refractivity contribution in [3.8, 4) is 23.0 Å². The molecular weight excluding hydrogens is 649 g/mol. The number of rotatable bonds is 14. The fraction of sp³-hybridized carbons (Fsp3) is 0.514. The van der Waals surface area contributed by atoms with Crippen LogP contribution in [0.25, 0.3) is 0 Å². The number of ether oxygens (including phenoxy) is 4. The molecule has 3 amide bonds. The third-order valence-electron chi connectivity index (χ3n) is 9.47. The molecule has 49 heavy (non-hydrogen) atoms. The molecule has 262 valence electrons. The van der Waals surface area contributed by atoms with Crippen molar-refractivity contribution in [1.82, 2.24) is 15.1 Å². The Morgan fingerprint density at radius 1 is 0.816 bits per heavy atom. The van der Waals surface area contributed by atoms with Gasteiger partial charge in [-0.3, -0.25) is 24.4 Å². The molecule has 0 radical (unpaired) electrons. The second-order valence-electron chi connectivity index (χ2n) is 12.7. The molecule has 1 N–H and O–H groups in total. The fourth-order valence-electron chi connectivity index (χ4n) is 6.70. The summed E-state index contributed by atoms with van der Waals surface area (Å²) in [6.07, 6.45) is 8.56. The first-order chi connectivity index (χ1) is 23.7.